The maximum atomic E-state index is 12.1. The zero-order valence-electron chi connectivity index (χ0n) is 13.5. The summed E-state index contributed by atoms with van der Waals surface area (Å²) in [6.45, 7) is 5.60. The van der Waals surface area contributed by atoms with E-state index in [4.69, 9.17) is 4.74 Å². The van der Waals surface area contributed by atoms with Crippen LogP contribution in [0.5, 0.6) is 0 Å². The first-order chi connectivity index (χ1) is 11.1. The van der Waals surface area contributed by atoms with E-state index in [1.807, 2.05) is 42.9 Å². The van der Waals surface area contributed by atoms with Crippen molar-refractivity contribution < 1.29 is 9.53 Å². The van der Waals surface area contributed by atoms with Gasteiger partial charge in [-0.1, -0.05) is 6.07 Å². The Morgan fingerprint density at radius 3 is 2.65 bits per heavy atom. The van der Waals surface area contributed by atoms with Crippen molar-refractivity contribution in [1.29, 1.82) is 0 Å². The highest BCUT2D eigenvalue weighted by Crippen LogP contribution is 2.21. The van der Waals surface area contributed by atoms with Crippen molar-refractivity contribution in [3.8, 4) is 0 Å². The largest absolute Gasteiger partial charge is 0.381 e. The molecule has 6 heteroatoms. The van der Waals surface area contributed by atoms with Crippen LogP contribution in [-0.4, -0.2) is 29.0 Å². The van der Waals surface area contributed by atoms with Crippen LogP contribution in [0.15, 0.2) is 30.6 Å². The van der Waals surface area contributed by atoms with E-state index >= 15 is 0 Å². The number of carbonyl (C=O) groups is 1. The number of nitrogens with one attached hydrogen (secondary N) is 2. The average molecular weight is 314 g/mol. The zero-order valence-corrected chi connectivity index (χ0v) is 13.5. The lowest BCUT2D eigenvalue weighted by molar-refractivity contribution is 0.0662. The molecule has 3 rings (SSSR count). The van der Waals surface area contributed by atoms with Gasteiger partial charge in [-0.3, -0.25) is 4.68 Å². The minimum atomic E-state index is -0.264. The molecule has 0 spiro atoms. The molecule has 1 aliphatic rings. The standard InChI is InChI=1S/C17H22N4O2/c1-12-3-4-14(9-13(12)2)19-17(22)20-15-10-18-21(11-15)16-5-7-23-8-6-16/h3-4,9-11,16H,5-8H2,1-2H3,(H2,19,20,22). The van der Waals surface area contributed by atoms with Gasteiger partial charge in [-0.25, -0.2) is 4.79 Å². The molecule has 0 unspecified atom stereocenters. The predicted molar refractivity (Wildman–Crippen MR) is 89.9 cm³/mol. The predicted octanol–water partition coefficient (Wildman–Crippen LogP) is 3.50. The first kappa shape index (κ1) is 15.6. The molecule has 2 N–H and O–H groups in total. The lowest BCUT2D eigenvalue weighted by atomic mass is 10.1. The summed E-state index contributed by atoms with van der Waals surface area (Å²) in [5, 5.41) is 10.0. The van der Waals surface area contributed by atoms with E-state index in [0.29, 0.717) is 11.7 Å². The summed E-state index contributed by atoms with van der Waals surface area (Å²) in [7, 11) is 0. The number of hydrogen-bond donors (Lipinski definition) is 2. The number of urea groups is 1. The quantitative estimate of drug-likeness (QED) is 0.911. The molecule has 0 saturated carbocycles. The fourth-order valence-corrected chi connectivity index (χ4v) is 2.66. The Bertz CT molecular complexity index is 690. The van der Waals surface area contributed by atoms with Gasteiger partial charge in [-0.2, -0.15) is 5.10 Å². The Morgan fingerprint density at radius 2 is 1.91 bits per heavy atom. The number of hydrogen-bond acceptors (Lipinski definition) is 3. The van der Waals surface area contributed by atoms with Gasteiger partial charge in [-0.05, 0) is 49.9 Å². The van der Waals surface area contributed by atoms with Crippen LogP contribution in [0.1, 0.15) is 30.0 Å². The average Bonchev–Trinajstić information content (AvgIpc) is 3.00. The lowest BCUT2D eigenvalue weighted by Crippen LogP contribution is -2.20. The van der Waals surface area contributed by atoms with Crippen molar-refractivity contribution in [3.63, 3.8) is 0 Å². The molecule has 122 valence electrons. The van der Waals surface area contributed by atoms with E-state index in [0.717, 1.165) is 37.3 Å². The molecule has 0 bridgehead atoms. The Hall–Kier alpha value is -2.34. The molecule has 2 heterocycles. The molecule has 23 heavy (non-hydrogen) atoms. The van der Waals surface area contributed by atoms with Crippen molar-refractivity contribution in [2.24, 2.45) is 0 Å². The molecule has 2 aromatic rings. The molecular formula is C17H22N4O2. The third-order valence-electron chi connectivity index (χ3n) is 4.19. The van der Waals surface area contributed by atoms with E-state index in [9.17, 15) is 4.79 Å². The lowest BCUT2D eigenvalue weighted by Gasteiger charge is -2.22. The molecule has 1 aromatic heterocycles. The normalized spacial score (nSPS) is 15.4. The van der Waals surface area contributed by atoms with Gasteiger partial charge in [0.1, 0.15) is 0 Å². The van der Waals surface area contributed by atoms with Crippen LogP contribution < -0.4 is 10.6 Å². The summed E-state index contributed by atoms with van der Waals surface area (Å²) in [5.74, 6) is 0. The smallest absolute Gasteiger partial charge is 0.323 e. The molecule has 1 aromatic carbocycles. The maximum absolute atomic E-state index is 12.1. The van der Waals surface area contributed by atoms with Gasteiger partial charge in [0, 0.05) is 25.1 Å². The number of rotatable bonds is 3. The molecule has 1 saturated heterocycles. The molecule has 1 aliphatic heterocycles. The number of nitrogens with zero attached hydrogens (tertiary/aromatic N) is 2. The van der Waals surface area contributed by atoms with Crippen LogP contribution in [0.25, 0.3) is 0 Å². The fourth-order valence-electron chi connectivity index (χ4n) is 2.66. The van der Waals surface area contributed by atoms with Crippen molar-refractivity contribution in [3.05, 3.63) is 41.7 Å². The van der Waals surface area contributed by atoms with Gasteiger partial charge in [0.05, 0.1) is 17.9 Å². The molecule has 0 radical (unpaired) electrons. The zero-order chi connectivity index (χ0) is 16.2. The van der Waals surface area contributed by atoms with Crippen LogP contribution in [0, 0.1) is 13.8 Å². The van der Waals surface area contributed by atoms with Gasteiger partial charge < -0.3 is 15.4 Å². The Kier molecular flexibility index (Phi) is 4.62. The monoisotopic (exact) mass is 314 g/mol. The Labute approximate surface area is 135 Å². The van der Waals surface area contributed by atoms with E-state index < -0.39 is 0 Å². The fraction of sp³-hybridized carbons (Fsp3) is 0.412. The summed E-state index contributed by atoms with van der Waals surface area (Å²) in [5.41, 5.74) is 3.82. The topological polar surface area (TPSA) is 68.2 Å². The second kappa shape index (κ2) is 6.83. The van der Waals surface area contributed by atoms with Crippen molar-refractivity contribution in [2.75, 3.05) is 23.8 Å². The van der Waals surface area contributed by atoms with E-state index in [-0.39, 0.29) is 6.03 Å². The number of benzene rings is 1. The molecule has 2 amide bonds. The second-order valence-electron chi connectivity index (χ2n) is 5.93. The van der Waals surface area contributed by atoms with E-state index in [2.05, 4.69) is 15.7 Å². The number of amides is 2. The Morgan fingerprint density at radius 1 is 1.17 bits per heavy atom. The highest BCUT2D eigenvalue weighted by molar-refractivity contribution is 5.99. The van der Waals surface area contributed by atoms with Gasteiger partial charge in [-0.15, -0.1) is 0 Å². The molecular weight excluding hydrogens is 292 g/mol. The number of anilines is 2. The van der Waals surface area contributed by atoms with Crippen LogP contribution in [0.2, 0.25) is 0 Å². The SMILES string of the molecule is Cc1ccc(NC(=O)Nc2cnn(C3CCOCC3)c2)cc1C. The van der Waals surface area contributed by atoms with Crippen molar-refractivity contribution in [2.45, 2.75) is 32.7 Å². The summed E-state index contributed by atoms with van der Waals surface area (Å²) >= 11 is 0. The minimum Gasteiger partial charge on any atom is -0.381 e. The molecule has 0 atom stereocenters. The molecule has 1 fully saturated rings. The first-order valence-corrected chi connectivity index (χ1v) is 7.89. The highest BCUT2D eigenvalue weighted by atomic mass is 16.5. The van der Waals surface area contributed by atoms with E-state index in [1.54, 1.807) is 6.20 Å². The van der Waals surface area contributed by atoms with Gasteiger partial charge >= 0.3 is 6.03 Å². The summed E-state index contributed by atoms with van der Waals surface area (Å²) in [6, 6.07) is 5.93. The summed E-state index contributed by atoms with van der Waals surface area (Å²) in [6.07, 6.45) is 5.46. The van der Waals surface area contributed by atoms with Gasteiger partial charge in [0.15, 0.2) is 0 Å². The summed E-state index contributed by atoms with van der Waals surface area (Å²) < 4.78 is 7.27. The van der Waals surface area contributed by atoms with Crippen LogP contribution in [0.4, 0.5) is 16.2 Å². The number of aromatic nitrogens is 2. The third-order valence-corrected chi connectivity index (χ3v) is 4.19. The first-order valence-electron chi connectivity index (χ1n) is 7.89. The van der Waals surface area contributed by atoms with Crippen LogP contribution in [-0.2, 0) is 4.74 Å². The Balaban J connectivity index is 1.59. The van der Waals surface area contributed by atoms with Gasteiger partial charge in [0.25, 0.3) is 0 Å². The number of ether oxygens (including phenoxy) is 1. The number of aryl methyl sites for hydroxylation is 2. The van der Waals surface area contributed by atoms with Crippen LogP contribution >= 0.6 is 0 Å². The molecule has 0 aliphatic carbocycles. The van der Waals surface area contributed by atoms with Crippen LogP contribution in [0.3, 0.4) is 0 Å². The van der Waals surface area contributed by atoms with E-state index in [1.165, 1.54) is 5.56 Å². The number of carbonyl (C=O) groups excluding carboxylic acids is 1. The molecule has 6 nitrogen and oxygen atoms in total. The minimum absolute atomic E-state index is 0.264. The van der Waals surface area contributed by atoms with Crippen molar-refractivity contribution >= 4 is 17.4 Å². The summed E-state index contributed by atoms with van der Waals surface area (Å²) in [4.78, 5) is 12.1. The second-order valence-corrected chi connectivity index (χ2v) is 5.93. The van der Waals surface area contributed by atoms with Crippen molar-refractivity contribution in [1.82, 2.24) is 9.78 Å². The third kappa shape index (κ3) is 3.90. The highest BCUT2D eigenvalue weighted by Gasteiger charge is 2.16. The van der Waals surface area contributed by atoms with Gasteiger partial charge in [0.2, 0.25) is 0 Å². The maximum Gasteiger partial charge on any atom is 0.323 e.